The number of nitrogens with zero attached hydrogens (tertiary/aromatic N) is 3. The maximum absolute atomic E-state index is 12.5. The van der Waals surface area contributed by atoms with E-state index in [1.165, 1.54) is 7.11 Å². The molecule has 0 aliphatic carbocycles. The van der Waals surface area contributed by atoms with Gasteiger partial charge in [0.2, 0.25) is 0 Å². The fourth-order valence-corrected chi connectivity index (χ4v) is 3.70. The Balaban J connectivity index is 1.70. The number of hydrogen-bond donors (Lipinski definition) is 1. The molecular weight excluding hydrogens is 556 g/mol. The highest BCUT2D eigenvalue weighted by Crippen LogP contribution is 2.30. The first-order chi connectivity index (χ1) is 15.7. The summed E-state index contributed by atoms with van der Waals surface area (Å²) in [6.45, 7) is 5.54. The number of benzene rings is 2. The lowest BCUT2D eigenvalue weighted by atomic mass is 10.1. The quantitative estimate of drug-likeness (QED) is 0.188. The van der Waals surface area contributed by atoms with E-state index in [-0.39, 0.29) is 18.2 Å². The average molecular weight is 578 g/mol. The molecule has 1 amide bonds. The number of ether oxygens (including phenoxy) is 2. The van der Waals surface area contributed by atoms with Crippen LogP contribution in [0.15, 0.2) is 56.5 Å². The summed E-state index contributed by atoms with van der Waals surface area (Å²) in [5.74, 6) is -0.185. The molecule has 1 aromatic heterocycles. The first-order valence-electron chi connectivity index (χ1n) is 9.89. The van der Waals surface area contributed by atoms with Gasteiger partial charge in [-0.3, -0.25) is 9.48 Å². The van der Waals surface area contributed by atoms with Gasteiger partial charge in [0.25, 0.3) is 5.91 Å². The van der Waals surface area contributed by atoms with Gasteiger partial charge in [0.15, 0.2) is 11.5 Å². The van der Waals surface area contributed by atoms with Gasteiger partial charge in [-0.25, -0.2) is 10.2 Å². The van der Waals surface area contributed by atoms with Gasteiger partial charge < -0.3 is 9.47 Å². The van der Waals surface area contributed by atoms with Crippen LogP contribution in [0.3, 0.4) is 0 Å². The van der Waals surface area contributed by atoms with E-state index >= 15 is 0 Å². The zero-order chi connectivity index (χ0) is 24.1. The Labute approximate surface area is 208 Å². The smallest absolute Gasteiger partial charge is 0.344 e. The highest BCUT2D eigenvalue weighted by atomic mass is 79.9. The Bertz CT molecular complexity index is 1240. The molecule has 1 heterocycles. The molecule has 0 saturated carbocycles. The molecular formula is C23H22Br2N4O4. The van der Waals surface area contributed by atoms with Crippen molar-refractivity contribution in [2.45, 2.75) is 27.3 Å². The van der Waals surface area contributed by atoms with Gasteiger partial charge in [0.1, 0.15) is 6.54 Å². The van der Waals surface area contributed by atoms with Gasteiger partial charge in [0, 0.05) is 10.0 Å². The number of nitrogens with one attached hydrogen (secondary N) is 1. The fourth-order valence-electron chi connectivity index (χ4n) is 2.97. The van der Waals surface area contributed by atoms with Crippen molar-refractivity contribution in [3.8, 4) is 11.5 Å². The molecule has 0 saturated heterocycles. The standard InChI is InChI=1S/C23H22Br2N4O4/c1-13(26-27-21(30)12-29-15(3)22(25)14(2)28-29)16-9-10-19(20(11-16)32-4)33-23(31)17-7-5-6-8-18(17)24/h5-11H,12H2,1-4H3,(H,27,30)/b26-13-. The number of rotatable bonds is 7. The molecule has 1 N–H and O–H groups in total. The summed E-state index contributed by atoms with van der Waals surface area (Å²) in [6.07, 6.45) is 0. The topological polar surface area (TPSA) is 94.8 Å². The molecule has 0 atom stereocenters. The maximum Gasteiger partial charge on any atom is 0.344 e. The molecule has 172 valence electrons. The molecule has 33 heavy (non-hydrogen) atoms. The highest BCUT2D eigenvalue weighted by molar-refractivity contribution is 9.10. The predicted octanol–water partition coefficient (Wildman–Crippen LogP) is 4.79. The van der Waals surface area contributed by atoms with E-state index in [1.807, 2.05) is 19.9 Å². The van der Waals surface area contributed by atoms with Crippen molar-refractivity contribution in [3.05, 3.63) is 73.9 Å². The van der Waals surface area contributed by atoms with E-state index in [2.05, 4.69) is 47.5 Å². The minimum atomic E-state index is -0.512. The minimum absolute atomic E-state index is 0.0440. The van der Waals surface area contributed by atoms with Crippen molar-refractivity contribution in [2.75, 3.05) is 7.11 Å². The Kier molecular flexibility index (Phi) is 8.04. The number of aromatic nitrogens is 2. The second-order valence-electron chi connectivity index (χ2n) is 7.11. The van der Waals surface area contributed by atoms with Crippen molar-refractivity contribution in [2.24, 2.45) is 5.10 Å². The van der Waals surface area contributed by atoms with Crippen molar-refractivity contribution >= 4 is 49.4 Å². The minimum Gasteiger partial charge on any atom is -0.493 e. The van der Waals surface area contributed by atoms with Crippen LogP contribution in [0.5, 0.6) is 11.5 Å². The molecule has 0 fully saturated rings. The number of carbonyl (C=O) groups excluding carboxylic acids is 2. The molecule has 0 bridgehead atoms. The van der Waals surface area contributed by atoms with Gasteiger partial charge in [-0.15, -0.1) is 0 Å². The van der Waals surface area contributed by atoms with Gasteiger partial charge in [-0.05, 0) is 83.0 Å². The Morgan fingerprint density at radius 2 is 1.85 bits per heavy atom. The van der Waals surface area contributed by atoms with Crippen LogP contribution in [0.1, 0.15) is 34.2 Å². The normalized spacial score (nSPS) is 11.3. The molecule has 0 spiro atoms. The van der Waals surface area contributed by atoms with Gasteiger partial charge in [-0.2, -0.15) is 10.2 Å². The van der Waals surface area contributed by atoms with E-state index in [0.717, 1.165) is 15.9 Å². The summed E-state index contributed by atoms with van der Waals surface area (Å²) in [5.41, 5.74) is 5.87. The van der Waals surface area contributed by atoms with Crippen LogP contribution in [0, 0.1) is 13.8 Å². The second kappa shape index (κ2) is 10.8. The number of amides is 1. The zero-order valence-electron chi connectivity index (χ0n) is 18.5. The lowest BCUT2D eigenvalue weighted by Crippen LogP contribution is -2.25. The van der Waals surface area contributed by atoms with Gasteiger partial charge in [0.05, 0.1) is 34.2 Å². The first-order valence-corrected chi connectivity index (χ1v) is 11.5. The summed E-state index contributed by atoms with van der Waals surface area (Å²) in [7, 11) is 1.48. The lowest BCUT2D eigenvalue weighted by Gasteiger charge is -2.12. The third-order valence-electron chi connectivity index (χ3n) is 4.81. The maximum atomic E-state index is 12.5. The van der Waals surface area contributed by atoms with Crippen molar-refractivity contribution in [1.29, 1.82) is 0 Å². The van der Waals surface area contributed by atoms with E-state index in [9.17, 15) is 9.59 Å². The number of methoxy groups -OCH3 is 1. The average Bonchev–Trinajstić information content (AvgIpc) is 3.04. The third-order valence-corrected chi connectivity index (χ3v) is 6.65. The molecule has 2 aromatic carbocycles. The summed E-state index contributed by atoms with van der Waals surface area (Å²) in [5, 5.41) is 8.49. The molecule has 10 heteroatoms. The summed E-state index contributed by atoms with van der Waals surface area (Å²) < 4.78 is 14.0. The Hall–Kier alpha value is -2.98. The van der Waals surface area contributed by atoms with Crippen molar-refractivity contribution in [3.63, 3.8) is 0 Å². The van der Waals surface area contributed by atoms with Crippen LogP contribution in [0.2, 0.25) is 0 Å². The third kappa shape index (κ3) is 5.88. The summed E-state index contributed by atoms with van der Waals surface area (Å²) in [6, 6.07) is 12.0. The van der Waals surface area contributed by atoms with Crippen molar-refractivity contribution < 1.29 is 19.1 Å². The molecule has 0 unspecified atom stereocenters. The van der Waals surface area contributed by atoms with Crippen LogP contribution in [0.25, 0.3) is 0 Å². The summed E-state index contributed by atoms with van der Waals surface area (Å²) >= 11 is 6.79. The summed E-state index contributed by atoms with van der Waals surface area (Å²) in [4.78, 5) is 24.8. The molecule has 0 aliphatic rings. The zero-order valence-corrected chi connectivity index (χ0v) is 21.7. The van der Waals surface area contributed by atoms with Crippen LogP contribution < -0.4 is 14.9 Å². The molecule has 0 aliphatic heterocycles. The van der Waals surface area contributed by atoms with Crippen LogP contribution >= 0.6 is 31.9 Å². The largest absolute Gasteiger partial charge is 0.493 e. The van der Waals surface area contributed by atoms with Crippen LogP contribution in [-0.4, -0.2) is 34.5 Å². The number of carbonyl (C=O) groups is 2. The number of esters is 1. The lowest BCUT2D eigenvalue weighted by molar-refractivity contribution is -0.121. The Morgan fingerprint density at radius 3 is 2.48 bits per heavy atom. The second-order valence-corrected chi connectivity index (χ2v) is 8.76. The van der Waals surface area contributed by atoms with Gasteiger partial charge >= 0.3 is 5.97 Å². The molecule has 0 radical (unpaired) electrons. The Morgan fingerprint density at radius 1 is 1.12 bits per heavy atom. The van der Waals surface area contributed by atoms with E-state index < -0.39 is 5.97 Å². The van der Waals surface area contributed by atoms with E-state index in [0.29, 0.717) is 27.1 Å². The number of hydrazone groups is 1. The van der Waals surface area contributed by atoms with Crippen LogP contribution in [-0.2, 0) is 11.3 Å². The van der Waals surface area contributed by atoms with E-state index in [4.69, 9.17) is 9.47 Å². The van der Waals surface area contributed by atoms with Crippen LogP contribution in [0.4, 0.5) is 0 Å². The first kappa shape index (κ1) is 24.7. The number of aryl methyl sites for hydroxylation is 1. The van der Waals surface area contributed by atoms with Crippen molar-refractivity contribution in [1.82, 2.24) is 15.2 Å². The monoisotopic (exact) mass is 576 g/mol. The fraction of sp³-hybridized carbons (Fsp3) is 0.217. The highest BCUT2D eigenvalue weighted by Gasteiger charge is 2.16. The predicted molar refractivity (Wildman–Crippen MR) is 132 cm³/mol. The SMILES string of the molecule is COc1cc(/C(C)=N\NC(=O)Cn2nc(C)c(Br)c2C)ccc1OC(=O)c1ccccc1Br. The molecule has 3 rings (SSSR count). The molecule has 8 nitrogen and oxygen atoms in total. The number of hydrogen-bond acceptors (Lipinski definition) is 6. The molecule has 3 aromatic rings. The number of halogens is 2. The van der Waals surface area contributed by atoms with E-state index in [1.54, 1.807) is 48.0 Å². The van der Waals surface area contributed by atoms with Gasteiger partial charge in [-0.1, -0.05) is 12.1 Å².